The van der Waals surface area contributed by atoms with Gasteiger partial charge in [0.05, 0.1) is 19.3 Å². The van der Waals surface area contributed by atoms with Crippen molar-refractivity contribution >= 4 is 11.6 Å². The van der Waals surface area contributed by atoms with Crippen LogP contribution in [-0.4, -0.2) is 68.4 Å². The van der Waals surface area contributed by atoms with E-state index in [1.54, 1.807) is 6.07 Å². The number of hydrogen-bond donors (Lipinski definition) is 0. The molecule has 2 saturated heterocycles. The van der Waals surface area contributed by atoms with E-state index in [4.69, 9.17) is 21.1 Å². The fraction of sp³-hybridized carbons (Fsp3) is 0.647. The maximum atomic E-state index is 13.2. The summed E-state index contributed by atoms with van der Waals surface area (Å²) in [6.07, 6.45) is 1.22. The molecule has 0 aromatic heterocycles. The van der Waals surface area contributed by atoms with Crippen LogP contribution in [0, 0.1) is 5.82 Å². The van der Waals surface area contributed by atoms with Gasteiger partial charge in [0.25, 0.3) is 0 Å². The van der Waals surface area contributed by atoms with Gasteiger partial charge in [-0.3, -0.25) is 9.80 Å². The minimum absolute atomic E-state index is 0.204. The molecule has 1 aromatic rings. The van der Waals surface area contributed by atoms with Gasteiger partial charge in [0, 0.05) is 50.9 Å². The zero-order chi connectivity index (χ0) is 16.1. The van der Waals surface area contributed by atoms with Crippen LogP contribution in [0.1, 0.15) is 12.0 Å². The summed E-state index contributed by atoms with van der Waals surface area (Å²) in [5.41, 5.74) is 0.972. The second-order valence-corrected chi connectivity index (χ2v) is 6.64. The maximum absolute atomic E-state index is 13.2. The lowest BCUT2D eigenvalue weighted by molar-refractivity contribution is -0.0122. The quantitative estimate of drug-likeness (QED) is 0.839. The van der Waals surface area contributed by atoms with Crippen molar-refractivity contribution in [1.29, 1.82) is 0 Å². The lowest BCUT2D eigenvalue weighted by Crippen LogP contribution is -2.44. The first-order valence-corrected chi connectivity index (χ1v) is 8.66. The van der Waals surface area contributed by atoms with Crippen molar-refractivity contribution in [3.63, 3.8) is 0 Å². The van der Waals surface area contributed by atoms with Crippen LogP contribution >= 0.6 is 11.6 Å². The predicted molar refractivity (Wildman–Crippen MR) is 88.3 cm³/mol. The zero-order valence-corrected chi connectivity index (χ0v) is 14.1. The molecule has 0 bridgehead atoms. The summed E-state index contributed by atoms with van der Waals surface area (Å²) in [5, 5.41) is 0.500. The van der Waals surface area contributed by atoms with Gasteiger partial charge >= 0.3 is 0 Å². The van der Waals surface area contributed by atoms with Crippen molar-refractivity contribution < 1.29 is 13.9 Å². The topological polar surface area (TPSA) is 24.9 Å². The largest absolute Gasteiger partial charge is 0.379 e. The number of hydrogen-bond acceptors (Lipinski definition) is 4. The van der Waals surface area contributed by atoms with E-state index in [9.17, 15) is 4.39 Å². The van der Waals surface area contributed by atoms with Crippen LogP contribution < -0.4 is 0 Å². The fourth-order valence-electron chi connectivity index (χ4n) is 3.19. The van der Waals surface area contributed by atoms with Gasteiger partial charge in [0.2, 0.25) is 0 Å². The van der Waals surface area contributed by atoms with Crippen molar-refractivity contribution in [3.05, 3.63) is 34.6 Å². The second-order valence-electron chi connectivity index (χ2n) is 6.23. The van der Waals surface area contributed by atoms with Gasteiger partial charge in [-0.05, 0) is 24.1 Å². The molecule has 23 heavy (non-hydrogen) atoms. The molecule has 128 valence electrons. The fourth-order valence-corrected chi connectivity index (χ4v) is 3.41. The first-order chi connectivity index (χ1) is 11.2. The Kier molecular flexibility index (Phi) is 6.25. The molecule has 3 rings (SSSR count). The number of benzene rings is 1. The Morgan fingerprint density at radius 1 is 1.13 bits per heavy atom. The first kappa shape index (κ1) is 17.1. The minimum atomic E-state index is -0.289. The standard InChI is InChI=1S/C17H24ClFN2O2/c18-17-10-15(19)3-2-14(17)11-21-4-1-7-23-16(13-21)12-20-5-8-22-9-6-20/h2-3,10,16H,1,4-9,11-13H2/t16-/m0/s1. The molecule has 0 saturated carbocycles. The third-order valence-corrected chi connectivity index (χ3v) is 4.76. The average molecular weight is 343 g/mol. The Bertz CT molecular complexity index is 511. The van der Waals surface area contributed by atoms with Crippen LogP contribution in [0.25, 0.3) is 0 Å². The van der Waals surface area contributed by atoms with E-state index >= 15 is 0 Å². The SMILES string of the molecule is Fc1ccc(CN2CCCO[C@@H](CN3CCOCC3)C2)c(Cl)c1. The molecule has 0 amide bonds. The predicted octanol–water partition coefficient (Wildman–Crippen LogP) is 2.40. The van der Waals surface area contributed by atoms with E-state index in [2.05, 4.69) is 9.80 Å². The van der Waals surface area contributed by atoms with Crippen LogP contribution in [-0.2, 0) is 16.0 Å². The molecule has 2 aliphatic heterocycles. The molecule has 2 heterocycles. The Hall–Kier alpha value is -0.720. The van der Waals surface area contributed by atoms with Gasteiger partial charge in [0.15, 0.2) is 0 Å². The second kappa shape index (κ2) is 8.40. The highest BCUT2D eigenvalue weighted by Crippen LogP contribution is 2.20. The van der Waals surface area contributed by atoms with Gasteiger partial charge in [-0.2, -0.15) is 0 Å². The Morgan fingerprint density at radius 3 is 2.74 bits per heavy atom. The van der Waals surface area contributed by atoms with Crippen LogP contribution in [0.5, 0.6) is 0 Å². The highest BCUT2D eigenvalue weighted by molar-refractivity contribution is 6.31. The summed E-state index contributed by atoms with van der Waals surface area (Å²) < 4.78 is 24.6. The van der Waals surface area contributed by atoms with Crippen molar-refractivity contribution in [2.75, 3.05) is 52.5 Å². The summed E-state index contributed by atoms with van der Waals surface area (Å²) in [7, 11) is 0. The highest BCUT2D eigenvalue weighted by atomic mass is 35.5. The van der Waals surface area contributed by atoms with Crippen molar-refractivity contribution in [3.8, 4) is 0 Å². The van der Waals surface area contributed by atoms with E-state index in [1.807, 2.05) is 0 Å². The summed E-state index contributed by atoms with van der Waals surface area (Å²) in [5.74, 6) is -0.289. The molecule has 0 unspecified atom stereocenters. The van der Waals surface area contributed by atoms with Gasteiger partial charge < -0.3 is 9.47 Å². The lowest BCUT2D eigenvalue weighted by atomic mass is 10.2. The van der Waals surface area contributed by atoms with Gasteiger partial charge in [-0.25, -0.2) is 4.39 Å². The summed E-state index contributed by atoms with van der Waals surface area (Å²) in [6.45, 7) is 7.90. The van der Waals surface area contributed by atoms with Crippen LogP contribution in [0.2, 0.25) is 5.02 Å². The maximum Gasteiger partial charge on any atom is 0.124 e. The van der Waals surface area contributed by atoms with Gasteiger partial charge in [-0.15, -0.1) is 0 Å². The normalized spacial score (nSPS) is 24.5. The zero-order valence-electron chi connectivity index (χ0n) is 13.3. The molecular formula is C17H24ClFN2O2. The lowest BCUT2D eigenvalue weighted by Gasteiger charge is -2.31. The summed E-state index contributed by atoms with van der Waals surface area (Å²) in [4.78, 5) is 4.76. The molecular weight excluding hydrogens is 319 g/mol. The van der Waals surface area contributed by atoms with Gasteiger partial charge in [-0.1, -0.05) is 17.7 Å². The van der Waals surface area contributed by atoms with Crippen molar-refractivity contribution in [1.82, 2.24) is 9.80 Å². The summed E-state index contributed by atoms with van der Waals surface area (Å²) >= 11 is 6.16. The Balaban J connectivity index is 1.58. The molecule has 0 spiro atoms. The molecule has 6 heteroatoms. The van der Waals surface area contributed by atoms with Gasteiger partial charge in [0.1, 0.15) is 5.82 Å². The molecule has 0 N–H and O–H groups in total. The molecule has 1 aromatic carbocycles. The minimum Gasteiger partial charge on any atom is -0.379 e. The number of nitrogens with zero attached hydrogens (tertiary/aromatic N) is 2. The van der Waals surface area contributed by atoms with Crippen LogP contribution in [0.4, 0.5) is 4.39 Å². The monoisotopic (exact) mass is 342 g/mol. The smallest absolute Gasteiger partial charge is 0.124 e. The van der Waals surface area contributed by atoms with Crippen molar-refractivity contribution in [2.45, 2.75) is 19.1 Å². The molecule has 1 atom stereocenters. The van der Waals surface area contributed by atoms with E-state index < -0.39 is 0 Å². The number of ether oxygens (including phenoxy) is 2. The third-order valence-electron chi connectivity index (χ3n) is 4.41. The molecule has 2 aliphatic rings. The van der Waals surface area contributed by atoms with E-state index in [0.717, 1.165) is 71.1 Å². The molecule has 2 fully saturated rings. The highest BCUT2D eigenvalue weighted by Gasteiger charge is 2.23. The Morgan fingerprint density at radius 2 is 1.96 bits per heavy atom. The van der Waals surface area contributed by atoms with E-state index in [0.29, 0.717) is 5.02 Å². The molecule has 0 aliphatic carbocycles. The van der Waals surface area contributed by atoms with E-state index in [-0.39, 0.29) is 11.9 Å². The average Bonchev–Trinajstić information content (AvgIpc) is 2.76. The first-order valence-electron chi connectivity index (χ1n) is 8.29. The Labute approximate surface area is 142 Å². The van der Waals surface area contributed by atoms with Crippen LogP contribution in [0.3, 0.4) is 0 Å². The summed E-state index contributed by atoms with van der Waals surface area (Å²) in [6, 6.07) is 4.64. The van der Waals surface area contributed by atoms with Crippen LogP contribution in [0.15, 0.2) is 18.2 Å². The molecule has 4 nitrogen and oxygen atoms in total. The number of halogens is 2. The third kappa shape index (κ3) is 5.13. The number of morpholine rings is 1. The molecule has 0 radical (unpaired) electrons. The van der Waals surface area contributed by atoms with E-state index in [1.165, 1.54) is 12.1 Å². The number of rotatable bonds is 4. The van der Waals surface area contributed by atoms with Crippen molar-refractivity contribution in [2.24, 2.45) is 0 Å².